The maximum atomic E-state index is 12.0. The molecule has 19 heavy (non-hydrogen) atoms. The van der Waals surface area contributed by atoms with Gasteiger partial charge < -0.3 is 15.3 Å². The van der Waals surface area contributed by atoms with Crippen LogP contribution in [-0.4, -0.2) is 41.6 Å². The van der Waals surface area contributed by atoms with Crippen LogP contribution in [-0.2, 0) is 4.79 Å². The number of amides is 2. The van der Waals surface area contributed by atoms with Crippen molar-refractivity contribution in [2.75, 3.05) is 19.6 Å². The zero-order valence-corrected chi connectivity index (χ0v) is 11.6. The van der Waals surface area contributed by atoms with Crippen LogP contribution in [0.25, 0.3) is 0 Å². The Morgan fingerprint density at radius 3 is 2.53 bits per heavy atom. The van der Waals surface area contributed by atoms with Crippen LogP contribution < -0.4 is 5.32 Å². The summed E-state index contributed by atoms with van der Waals surface area (Å²) in [4.78, 5) is 24.6. The normalized spacial score (nSPS) is 15.7. The van der Waals surface area contributed by atoms with Crippen molar-refractivity contribution >= 4 is 12.0 Å². The highest BCUT2D eigenvalue weighted by Gasteiger charge is 2.27. The van der Waals surface area contributed by atoms with Crippen molar-refractivity contribution in [1.82, 2.24) is 10.2 Å². The molecule has 0 aliphatic heterocycles. The monoisotopic (exact) mass is 266 g/mol. The predicted octanol–water partition coefficient (Wildman–Crippen LogP) is 1.40. The van der Waals surface area contributed by atoms with Crippen LogP contribution >= 0.6 is 0 Å². The first-order chi connectivity index (χ1) is 8.95. The molecule has 0 heterocycles. The molecule has 0 bridgehead atoms. The minimum Gasteiger partial charge on any atom is -0.481 e. The molecule has 0 aromatic heterocycles. The van der Waals surface area contributed by atoms with Crippen molar-refractivity contribution in [2.24, 2.45) is 17.8 Å². The van der Waals surface area contributed by atoms with Gasteiger partial charge in [0.05, 0.1) is 12.5 Å². The van der Waals surface area contributed by atoms with E-state index >= 15 is 0 Å². The number of hydrogen-bond donors (Lipinski definition) is 2. The number of aliphatic carboxylic acids is 1. The van der Waals surface area contributed by atoms with E-state index in [1.165, 1.54) is 0 Å². The molecule has 0 radical (unpaired) electrons. The van der Waals surface area contributed by atoms with Gasteiger partial charge in [0.25, 0.3) is 0 Å². The molecule has 0 saturated heterocycles. The van der Waals surface area contributed by atoms with Gasteiger partial charge in [0.15, 0.2) is 0 Å². The van der Waals surface area contributed by atoms with Gasteiger partial charge in [-0.15, -0.1) is 6.42 Å². The van der Waals surface area contributed by atoms with E-state index in [-0.39, 0.29) is 25.0 Å². The lowest BCUT2D eigenvalue weighted by Crippen LogP contribution is -2.44. The van der Waals surface area contributed by atoms with Crippen molar-refractivity contribution < 1.29 is 14.7 Å². The van der Waals surface area contributed by atoms with Gasteiger partial charge in [-0.05, 0) is 24.7 Å². The summed E-state index contributed by atoms with van der Waals surface area (Å²) in [5.41, 5.74) is 0. The average molecular weight is 266 g/mol. The van der Waals surface area contributed by atoms with Gasteiger partial charge in [-0.2, -0.15) is 0 Å². The Balaban J connectivity index is 2.46. The molecule has 1 aliphatic carbocycles. The first-order valence-electron chi connectivity index (χ1n) is 6.64. The number of terminal acetylenes is 1. The van der Waals surface area contributed by atoms with Gasteiger partial charge in [0.2, 0.25) is 0 Å². The number of nitrogens with one attached hydrogen (secondary N) is 1. The molecule has 0 spiro atoms. The maximum absolute atomic E-state index is 12.0. The summed E-state index contributed by atoms with van der Waals surface area (Å²) >= 11 is 0. The molecular weight excluding hydrogens is 244 g/mol. The molecule has 106 valence electrons. The fraction of sp³-hybridized carbons (Fsp3) is 0.714. The maximum Gasteiger partial charge on any atom is 0.318 e. The van der Waals surface area contributed by atoms with Crippen molar-refractivity contribution in [3.8, 4) is 12.3 Å². The van der Waals surface area contributed by atoms with Gasteiger partial charge in [0, 0.05) is 13.1 Å². The molecule has 1 saturated carbocycles. The highest BCUT2D eigenvalue weighted by molar-refractivity contribution is 5.76. The number of carbonyl (C=O) groups is 2. The lowest BCUT2D eigenvalue weighted by molar-refractivity contribution is -0.142. The van der Waals surface area contributed by atoms with E-state index in [1.54, 1.807) is 4.90 Å². The van der Waals surface area contributed by atoms with Crippen molar-refractivity contribution in [1.29, 1.82) is 0 Å². The van der Waals surface area contributed by atoms with Crippen molar-refractivity contribution in [3.05, 3.63) is 0 Å². The highest BCUT2D eigenvalue weighted by atomic mass is 16.4. The molecule has 1 aliphatic rings. The Hall–Kier alpha value is -1.70. The molecule has 1 rings (SSSR count). The van der Waals surface area contributed by atoms with Crippen LogP contribution in [0.15, 0.2) is 0 Å². The fourth-order valence-electron chi connectivity index (χ4n) is 1.86. The Labute approximate surface area is 114 Å². The SMILES string of the molecule is C#CCN(CC1CC1)C(=O)NCC(C(=O)O)C(C)C. The minimum absolute atomic E-state index is 0.0256. The van der Waals surface area contributed by atoms with E-state index < -0.39 is 11.9 Å². The average Bonchev–Trinajstić information content (AvgIpc) is 3.11. The first-order valence-corrected chi connectivity index (χ1v) is 6.64. The molecule has 5 heteroatoms. The molecule has 1 atom stereocenters. The summed E-state index contributed by atoms with van der Waals surface area (Å²) in [6.45, 7) is 4.72. The third kappa shape index (κ3) is 5.21. The van der Waals surface area contributed by atoms with E-state index in [1.807, 2.05) is 13.8 Å². The van der Waals surface area contributed by atoms with Crippen LogP contribution in [0.2, 0.25) is 0 Å². The molecular formula is C14H22N2O3. The summed E-state index contributed by atoms with van der Waals surface area (Å²) < 4.78 is 0. The zero-order valence-electron chi connectivity index (χ0n) is 11.6. The van der Waals surface area contributed by atoms with E-state index in [4.69, 9.17) is 11.5 Å². The number of carbonyl (C=O) groups excluding carboxylic acids is 1. The second-order valence-electron chi connectivity index (χ2n) is 5.40. The molecule has 5 nitrogen and oxygen atoms in total. The Morgan fingerprint density at radius 2 is 2.11 bits per heavy atom. The molecule has 0 aromatic carbocycles. The van der Waals surface area contributed by atoms with Crippen LogP contribution in [0.3, 0.4) is 0 Å². The largest absolute Gasteiger partial charge is 0.481 e. The number of carboxylic acids is 1. The number of urea groups is 1. The molecule has 2 N–H and O–H groups in total. The molecule has 2 amide bonds. The minimum atomic E-state index is -0.888. The third-order valence-electron chi connectivity index (χ3n) is 3.34. The van der Waals surface area contributed by atoms with E-state index in [0.717, 1.165) is 12.8 Å². The smallest absolute Gasteiger partial charge is 0.318 e. The number of rotatable bonds is 7. The second-order valence-corrected chi connectivity index (χ2v) is 5.40. The standard InChI is InChI=1S/C14H22N2O3/c1-4-7-16(9-11-5-6-11)14(19)15-8-12(10(2)3)13(17)18/h1,10-12H,5-9H2,2-3H3,(H,15,19)(H,17,18). The Bertz CT molecular complexity index is 369. The van der Waals surface area contributed by atoms with Crippen LogP contribution in [0.4, 0.5) is 4.79 Å². The van der Waals surface area contributed by atoms with Crippen LogP contribution in [0.5, 0.6) is 0 Å². The van der Waals surface area contributed by atoms with Gasteiger partial charge in [0.1, 0.15) is 0 Å². The summed E-state index contributed by atoms with van der Waals surface area (Å²) in [5, 5.41) is 11.7. The summed E-state index contributed by atoms with van der Waals surface area (Å²) in [5.74, 6) is 1.53. The van der Waals surface area contributed by atoms with Crippen molar-refractivity contribution in [3.63, 3.8) is 0 Å². The molecule has 0 aromatic rings. The third-order valence-corrected chi connectivity index (χ3v) is 3.34. The highest BCUT2D eigenvalue weighted by Crippen LogP contribution is 2.29. The number of carboxylic acid groups (broad SMARTS) is 1. The summed E-state index contributed by atoms with van der Waals surface area (Å²) in [6.07, 6.45) is 7.52. The Morgan fingerprint density at radius 1 is 1.47 bits per heavy atom. The number of nitrogens with zero attached hydrogens (tertiary/aromatic N) is 1. The van der Waals surface area contributed by atoms with Crippen molar-refractivity contribution in [2.45, 2.75) is 26.7 Å². The summed E-state index contributed by atoms with van der Waals surface area (Å²) in [7, 11) is 0. The van der Waals surface area contributed by atoms with Gasteiger partial charge in [-0.1, -0.05) is 19.8 Å². The van der Waals surface area contributed by atoms with E-state index in [0.29, 0.717) is 12.5 Å². The van der Waals surface area contributed by atoms with Gasteiger partial charge in [-0.3, -0.25) is 4.79 Å². The van der Waals surface area contributed by atoms with Crippen LogP contribution in [0.1, 0.15) is 26.7 Å². The Kier molecular flexibility index (Phi) is 5.68. The number of hydrogen-bond acceptors (Lipinski definition) is 2. The van der Waals surface area contributed by atoms with Crippen LogP contribution in [0, 0.1) is 30.1 Å². The van der Waals surface area contributed by atoms with E-state index in [2.05, 4.69) is 11.2 Å². The fourth-order valence-corrected chi connectivity index (χ4v) is 1.86. The lowest BCUT2D eigenvalue weighted by atomic mass is 9.96. The van der Waals surface area contributed by atoms with Gasteiger partial charge >= 0.3 is 12.0 Å². The topological polar surface area (TPSA) is 69.6 Å². The first kappa shape index (κ1) is 15.4. The predicted molar refractivity (Wildman–Crippen MR) is 72.5 cm³/mol. The molecule has 1 unspecified atom stereocenters. The lowest BCUT2D eigenvalue weighted by Gasteiger charge is -2.23. The molecule has 1 fully saturated rings. The second kappa shape index (κ2) is 7.03. The quantitative estimate of drug-likeness (QED) is 0.684. The zero-order chi connectivity index (χ0) is 14.4. The summed E-state index contributed by atoms with van der Waals surface area (Å²) in [6, 6.07) is -0.267. The van der Waals surface area contributed by atoms with E-state index in [9.17, 15) is 9.59 Å². The van der Waals surface area contributed by atoms with Gasteiger partial charge in [-0.25, -0.2) is 4.79 Å².